The van der Waals surface area contributed by atoms with E-state index < -0.39 is 6.10 Å². The third kappa shape index (κ3) is 2.02. The minimum Gasteiger partial charge on any atom is -0.478 e. The van der Waals surface area contributed by atoms with Gasteiger partial charge in [0.2, 0.25) is 6.10 Å². The predicted octanol–water partition coefficient (Wildman–Crippen LogP) is 0.684. The molecule has 0 saturated carbocycles. The SMILES string of the molecule is CCOC(=O)C1CC([NH3+])c2ccccc2O1. The highest BCUT2D eigenvalue weighted by atomic mass is 16.6. The maximum atomic E-state index is 11.6. The molecule has 3 N–H and O–H groups in total. The summed E-state index contributed by atoms with van der Waals surface area (Å²) in [6.07, 6.45) is 0.0629. The highest BCUT2D eigenvalue weighted by Gasteiger charge is 2.33. The van der Waals surface area contributed by atoms with Crippen LogP contribution in [0.4, 0.5) is 0 Å². The van der Waals surface area contributed by atoms with Crippen LogP contribution in [0.2, 0.25) is 0 Å². The molecule has 0 aliphatic carbocycles. The highest BCUT2D eigenvalue weighted by molar-refractivity contribution is 5.75. The summed E-state index contributed by atoms with van der Waals surface area (Å²) < 4.78 is 10.6. The molecule has 16 heavy (non-hydrogen) atoms. The number of esters is 1. The fraction of sp³-hybridized carbons (Fsp3) is 0.417. The average Bonchev–Trinajstić information content (AvgIpc) is 2.29. The summed E-state index contributed by atoms with van der Waals surface area (Å²) in [6.45, 7) is 2.17. The molecule has 0 radical (unpaired) electrons. The second-order valence-electron chi connectivity index (χ2n) is 3.83. The van der Waals surface area contributed by atoms with Gasteiger partial charge in [0.25, 0.3) is 0 Å². The zero-order valence-corrected chi connectivity index (χ0v) is 9.31. The Hall–Kier alpha value is -1.55. The molecule has 0 amide bonds. The number of carbonyl (C=O) groups is 1. The molecular weight excluding hydrogens is 206 g/mol. The summed E-state index contributed by atoms with van der Waals surface area (Å²) in [5.41, 5.74) is 5.10. The van der Waals surface area contributed by atoms with Crippen LogP contribution in [0.3, 0.4) is 0 Å². The van der Waals surface area contributed by atoms with E-state index in [1.807, 2.05) is 24.3 Å². The molecule has 0 fully saturated rings. The molecule has 0 spiro atoms. The smallest absolute Gasteiger partial charge is 0.347 e. The molecule has 0 bridgehead atoms. The van der Waals surface area contributed by atoms with E-state index in [2.05, 4.69) is 5.73 Å². The number of quaternary nitrogens is 1. The van der Waals surface area contributed by atoms with Crippen molar-refractivity contribution in [2.45, 2.75) is 25.5 Å². The van der Waals surface area contributed by atoms with Crippen molar-refractivity contribution < 1.29 is 20.0 Å². The molecule has 1 aromatic rings. The summed E-state index contributed by atoms with van der Waals surface area (Å²) >= 11 is 0. The van der Waals surface area contributed by atoms with Gasteiger partial charge in [0.05, 0.1) is 18.6 Å². The Morgan fingerprint density at radius 3 is 3.06 bits per heavy atom. The van der Waals surface area contributed by atoms with Crippen molar-refractivity contribution in [2.24, 2.45) is 0 Å². The standard InChI is InChI=1S/C12H15NO3/c1-2-15-12(14)11-7-9(13)8-5-3-4-6-10(8)16-11/h3-6,9,11H,2,7,13H2,1H3/p+1. The van der Waals surface area contributed by atoms with Gasteiger partial charge >= 0.3 is 5.97 Å². The van der Waals surface area contributed by atoms with Gasteiger partial charge in [-0.15, -0.1) is 0 Å². The molecule has 86 valence electrons. The Labute approximate surface area is 94.3 Å². The van der Waals surface area contributed by atoms with Gasteiger partial charge in [-0.25, -0.2) is 4.79 Å². The van der Waals surface area contributed by atoms with Gasteiger partial charge in [-0.05, 0) is 19.1 Å². The largest absolute Gasteiger partial charge is 0.478 e. The number of hydrogen-bond acceptors (Lipinski definition) is 3. The van der Waals surface area contributed by atoms with Crippen LogP contribution in [0.1, 0.15) is 24.9 Å². The first kappa shape index (κ1) is 11.0. The third-order valence-corrected chi connectivity index (χ3v) is 2.68. The number of benzene rings is 1. The molecule has 1 aliphatic rings. The molecule has 0 aromatic heterocycles. The van der Waals surface area contributed by atoms with Crippen molar-refractivity contribution in [2.75, 3.05) is 6.61 Å². The number of hydrogen-bond donors (Lipinski definition) is 1. The van der Waals surface area contributed by atoms with Gasteiger partial charge in [-0.2, -0.15) is 0 Å². The fourth-order valence-electron chi connectivity index (χ4n) is 1.89. The highest BCUT2D eigenvalue weighted by Crippen LogP contribution is 2.32. The van der Waals surface area contributed by atoms with Crippen LogP contribution < -0.4 is 10.5 Å². The first-order chi connectivity index (χ1) is 7.72. The maximum absolute atomic E-state index is 11.6. The summed E-state index contributed by atoms with van der Waals surface area (Å²) in [6, 6.07) is 7.76. The Morgan fingerprint density at radius 2 is 2.31 bits per heavy atom. The van der Waals surface area contributed by atoms with E-state index in [1.54, 1.807) is 6.92 Å². The zero-order valence-electron chi connectivity index (χ0n) is 9.31. The van der Waals surface area contributed by atoms with Crippen LogP contribution in [-0.4, -0.2) is 18.7 Å². The van der Waals surface area contributed by atoms with Crippen LogP contribution in [0.5, 0.6) is 5.75 Å². The van der Waals surface area contributed by atoms with Crippen LogP contribution in [0.25, 0.3) is 0 Å². The van der Waals surface area contributed by atoms with Crippen molar-refractivity contribution >= 4 is 5.97 Å². The minimum atomic E-state index is -0.516. The van der Waals surface area contributed by atoms with Crippen molar-refractivity contribution in [1.29, 1.82) is 0 Å². The summed E-state index contributed by atoms with van der Waals surface area (Å²) in [4.78, 5) is 11.6. The lowest BCUT2D eigenvalue weighted by atomic mass is 9.97. The zero-order chi connectivity index (χ0) is 11.5. The fourth-order valence-corrected chi connectivity index (χ4v) is 1.89. The lowest BCUT2D eigenvalue weighted by Crippen LogP contribution is -2.57. The molecule has 2 atom stereocenters. The summed E-state index contributed by atoms with van der Waals surface area (Å²) in [7, 11) is 0. The first-order valence-corrected chi connectivity index (χ1v) is 5.47. The number of carbonyl (C=O) groups excluding carboxylic acids is 1. The van der Waals surface area contributed by atoms with Crippen LogP contribution in [0, 0.1) is 0 Å². The van der Waals surface area contributed by atoms with Gasteiger partial charge in [0, 0.05) is 0 Å². The predicted molar refractivity (Wildman–Crippen MR) is 57.7 cm³/mol. The van der Waals surface area contributed by atoms with Gasteiger partial charge in [0.1, 0.15) is 11.8 Å². The van der Waals surface area contributed by atoms with Gasteiger partial charge in [0.15, 0.2) is 0 Å². The molecule has 1 aromatic carbocycles. The van der Waals surface area contributed by atoms with E-state index in [1.165, 1.54) is 0 Å². The van der Waals surface area contributed by atoms with Gasteiger partial charge in [-0.1, -0.05) is 12.1 Å². The molecule has 1 heterocycles. The monoisotopic (exact) mass is 222 g/mol. The van der Waals surface area contributed by atoms with E-state index in [9.17, 15) is 4.79 Å². The molecule has 1 aliphatic heterocycles. The van der Waals surface area contributed by atoms with Crippen molar-refractivity contribution in [3.63, 3.8) is 0 Å². The molecule has 0 saturated heterocycles. The van der Waals surface area contributed by atoms with E-state index in [4.69, 9.17) is 9.47 Å². The van der Waals surface area contributed by atoms with Crippen molar-refractivity contribution in [3.8, 4) is 5.75 Å². The Kier molecular flexibility index (Phi) is 3.10. The maximum Gasteiger partial charge on any atom is 0.347 e. The minimum absolute atomic E-state index is 0.0827. The van der Waals surface area contributed by atoms with Crippen LogP contribution in [0.15, 0.2) is 24.3 Å². The summed E-state index contributed by atoms with van der Waals surface area (Å²) in [5.74, 6) is 0.442. The summed E-state index contributed by atoms with van der Waals surface area (Å²) in [5, 5.41) is 0. The Morgan fingerprint density at radius 1 is 1.56 bits per heavy atom. The normalized spacial score (nSPS) is 23.1. The number of ether oxygens (including phenoxy) is 2. The van der Waals surface area contributed by atoms with Crippen LogP contribution in [-0.2, 0) is 9.53 Å². The molecule has 2 rings (SSSR count). The van der Waals surface area contributed by atoms with Crippen LogP contribution >= 0.6 is 0 Å². The second-order valence-corrected chi connectivity index (χ2v) is 3.83. The van der Waals surface area contributed by atoms with Gasteiger partial charge in [-0.3, -0.25) is 0 Å². The van der Waals surface area contributed by atoms with E-state index >= 15 is 0 Å². The third-order valence-electron chi connectivity index (χ3n) is 2.68. The molecule has 4 nitrogen and oxygen atoms in total. The number of fused-ring (bicyclic) bond motifs is 1. The van der Waals surface area contributed by atoms with Crippen molar-refractivity contribution in [3.05, 3.63) is 29.8 Å². The first-order valence-electron chi connectivity index (χ1n) is 5.47. The van der Waals surface area contributed by atoms with E-state index in [-0.39, 0.29) is 12.0 Å². The lowest BCUT2D eigenvalue weighted by Gasteiger charge is -2.26. The molecule has 4 heteroatoms. The van der Waals surface area contributed by atoms with Gasteiger partial charge < -0.3 is 15.2 Å². The average molecular weight is 222 g/mol. The second kappa shape index (κ2) is 4.53. The molecular formula is C12H16NO3+. The topological polar surface area (TPSA) is 63.2 Å². The van der Waals surface area contributed by atoms with Crippen molar-refractivity contribution in [1.82, 2.24) is 0 Å². The Balaban J connectivity index is 2.18. The quantitative estimate of drug-likeness (QED) is 0.748. The van der Waals surface area contributed by atoms with E-state index in [0.29, 0.717) is 13.0 Å². The Bertz CT molecular complexity index is 392. The van der Waals surface area contributed by atoms with E-state index in [0.717, 1.165) is 11.3 Å². The lowest BCUT2D eigenvalue weighted by molar-refractivity contribution is -0.432. The number of para-hydroxylation sites is 1. The molecule has 2 unspecified atom stereocenters. The number of rotatable bonds is 2.